The Hall–Kier alpha value is 0.750. The number of hydrogen-bond donors (Lipinski definition) is 0. The van der Waals surface area contributed by atoms with Crippen molar-refractivity contribution < 1.29 is 4.39 Å². The van der Waals surface area contributed by atoms with Crippen LogP contribution in [0.3, 0.4) is 0 Å². The van der Waals surface area contributed by atoms with Crippen LogP contribution in [0, 0.1) is 5.41 Å². The first kappa shape index (κ1) is 11.8. The first-order valence-corrected chi connectivity index (χ1v) is 8.07. The van der Waals surface area contributed by atoms with Gasteiger partial charge in [0.1, 0.15) is 0 Å². The van der Waals surface area contributed by atoms with Gasteiger partial charge in [0.25, 0.3) is 0 Å². The standard InChI is InChI=1S/C10H16FIS/c1-7-9(11)5-4-6-10(7,3)8(2)13-12/h8H,4-6H2,1-3H3. The van der Waals surface area contributed by atoms with E-state index >= 15 is 0 Å². The molecule has 0 aromatic heterocycles. The third-order valence-electron chi connectivity index (χ3n) is 3.39. The van der Waals surface area contributed by atoms with E-state index < -0.39 is 0 Å². The van der Waals surface area contributed by atoms with Crippen molar-refractivity contribution in [2.75, 3.05) is 0 Å². The van der Waals surface area contributed by atoms with Crippen molar-refractivity contribution in [2.24, 2.45) is 5.41 Å². The first-order valence-electron chi connectivity index (χ1n) is 4.65. The molecule has 0 nitrogen and oxygen atoms in total. The molecular formula is C10H16FIS. The van der Waals surface area contributed by atoms with Crippen LogP contribution in [-0.4, -0.2) is 5.25 Å². The molecule has 2 unspecified atom stereocenters. The van der Waals surface area contributed by atoms with Crippen molar-refractivity contribution in [3.8, 4) is 0 Å². The van der Waals surface area contributed by atoms with Crippen LogP contribution in [0.2, 0.25) is 0 Å². The van der Waals surface area contributed by atoms with Crippen molar-refractivity contribution in [1.29, 1.82) is 0 Å². The highest BCUT2D eigenvalue weighted by Crippen LogP contribution is 2.48. The fourth-order valence-corrected chi connectivity index (χ4v) is 4.08. The maximum Gasteiger partial charge on any atom is 0.0994 e. The Morgan fingerprint density at radius 3 is 2.77 bits per heavy atom. The number of hydrogen-bond acceptors (Lipinski definition) is 1. The Morgan fingerprint density at radius 1 is 1.62 bits per heavy atom. The van der Waals surface area contributed by atoms with Crippen LogP contribution >= 0.6 is 30.1 Å². The summed E-state index contributed by atoms with van der Waals surface area (Å²) in [5.41, 5.74) is 1.06. The predicted molar refractivity (Wildman–Crippen MR) is 66.8 cm³/mol. The Bertz CT molecular complexity index is 227. The van der Waals surface area contributed by atoms with E-state index in [-0.39, 0.29) is 11.2 Å². The minimum Gasteiger partial charge on any atom is -0.212 e. The molecule has 0 saturated carbocycles. The highest BCUT2D eigenvalue weighted by Gasteiger charge is 2.36. The number of halogens is 2. The van der Waals surface area contributed by atoms with E-state index in [1.54, 1.807) is 8.93 Å². The van der Waals surface area contributed by atoms with Crippen LogP contribution in [-0.2, 0) is 0 Å². The molecule has 1 aliphatic rings. The third-order valence-corrected chi connectivity index (χ3v) is 6.46. The second-order valence-electron chi connectivity index (χ2n) is 4.03. The van der Waals surface area contributed by atoms with Gasteiger partial charge in [-0.25, -0.2) is 4.39 Å². The van der Waals surface area contributed by atoms with Gasteiger partial charge in [0.05, 0.1) is 5.83 Å². The Kier molecular flexibility index (Phi) is 4.10. The molecule has 0 fully saturated rings. The molecule has 76 valence electrons. The molecule has 0 radical (unpaired) electrons. The molecule has 1 aliphatic carbocycles. The lowest BCUT2D eigenvalue weighted by atomic mass is 9.72. The SMILES string of the molecule is CC1=C(F)CCCC1(C)C(C)SI. The average Bonchev–Trinajstić information content (AvgIpc) is 2.13. The lowest BCUT2D eigenvalue weighted by molar-refractivity contribution is 0.306. The summed E-state index contributed by atoms with van der Waals surface area (Å²) in [7, 11) is 1.81. The highest BCUT2D eigenvalue weighted by atomic mass is 127. The summed E-state index contributed by atoms with van der Waals surface area (Å²) in [5.74, 6) is 0.131. The van der Waals surface area contributed by atoms with Crippen molar-refractivity contribution in [3.05, 3.63) is 11.4 Å². The first-order chi connectivity index (χ1) is 6.02. The van der Waals surface area contributed by atoms with Crippen molar-refractivity contribution >= 4 is 30.1 Å². The zero-order valence-corrected chi connectivity index (χ0v) is 11.3. The monoisotopic (exact) mass is 314 g/mol. The fraction of sp³-hybridized carbons (Fsp3) is 0.800. The van der Waals surface area contributed by atoms with Gasteiger partial charge in [-0.05, 0) is 53.0 Å². The lowest BCUT2D eigenvalue weighted by Crippen LogP contribution is -2.31. The third kappa shape index (κ3) is 2.22. The molecular weight excluding hydrogens is 298 g/mol. The molecule has 13 heavy (non-hydrogen) atoms. The van der Waals surface area contributed by atoms with E-state index in [9.17, 15) is 4.39 Å². The number of rotatable bonds is 2. The largest absolute Gasteiger partial charge is 0.212 e. The van der Waals surface area contributed by atoms with Crippen LogP contribution in [0.15, 0.2) is 11.4 Å². The maximum absolute atomic E-state index is 13.4. The van der Waals surface area contributed by atoms with E-state index in [0.717, 1.165) is 18.4 Å². The summed E-state index contributed by atoms with van der Waals surface area (Å²) in [4.78, 5) is 0. The molecule has 0 aromatic rings. The van der Waals surface area contributed by atoms with Gasteiger partial charge in [-0.2, -0.15) is 0 Å². The second kappa shape index (κ2) is 4.51. The van der Waals surface area contributed by atoms with Gasteiger partial charge in [-0.15, -0.1) is 0 Å². The molecule has 1 rings (SSSR count). The Morgan fingerprint density at radius 2 is 2.23 bits per heavy atom. The van der Waals surface area contributed by atoms with E-state index in [4.69, 9.17) is 0 Å². The molecule has 3 heteroatoms. The van der Waals surface area contributed by atoms with Gasteiger partial charge in [0.2, 0.25) is 0 Å². The van der Waals surface area contributed by atoms with Gasteiger partial charge < -0.3 is 0 Å². The van der Waals surface area contributed by atoms with Crippen molar-refractivity contribution in [3.63, 3.8) is 0 Å². The normalized spacial score (nSPS) is 32.1. The molecule has 0 spiro atoms. The van der Waals surface area contributed by atoms with Gasteiger partial charge in [0.15, 0.2) is 0 Å². The summed E-state index contributed by atoms with van der Waals surface area (Å²) in [6.45, 7) is 6.34. The summed E-state index contributed by atoms with van der Waals surface area (Å²) < 4.78 is 13.4. The molecule has 0 aliphatic heterocycles. The van der Waals surface area contributed by atoms with Gasteiger partial charge in [-0.3, -0.25) is 0 Å². The van der Waals surface area contributed by atoms with Gasteiger partial charge >= 0.3 is 0 Å². The van der Waals surface area contributed by atoms with E-state index in [0.29, 0.717) is 11.7 Å². The second-order valence-corrected chi connectivity index (χ2v) is 6.44. The molecule has 2 atom stereocenters. The quantitative estimate of drug-likeness (QED) is 0.654. The topological polar surface area (TPSA) is 0 Å². The Balaban J connectivity index is 2.95. The molecule has 0 heterocycles. The minimum absolute atomic E-state index is 0.0776. The van der Waals surface area contributed by atoms with E-state index in [2.05, 4.69) is 35.1 Å². The summed E-state index contributed by atoms with van der Waals surface area (Å²) >= 11 is 2.31. The van der Waals surface area contributed by atoms with Crippen LogP contribution in [0.5, 0.6) is 0 Å². The smallest absolute Gasteiger partial charge is 0.0994 e. The van der Waals surface area contributed by atoms with Gasteiger partial charge in [-0.1, -0.05) is 22.8 Å². The zero-order chi connectivity index (χ0) is 10.1. The van der Waals surface area contributed by atoms with Crippen LogP contribution in [0.1, 0.15) is 40.0 Å². The molecule has 0 amide bonds. The average molecular weight is 314 g/mol. The van der Waals surface area contributed by atoms with E-state index in [1.807, 2.05) is 6.92 Å². The summed E-state index contributed by atoms with van der Waals surface area (Å²) in [5, 5.41) is 0.499. The highest BCUT2D eigenvalue weighted by molar-refractivity contribution is 14.2. The molecule has 0 N–H and O–H groups in total. The lowest BCUT2D eigenvalue weighted by Gasteiger charge is -2.38. The fourth-order valence-electron chi connectivity index (χ4n) is 1.90. The minimum atomic E-state index is 0.0776. The van der Waals surface area contributed by atoms with Crippen LogP contribution < -0.4 is 0 Å². The molecule has 0 saturated heterocycles. The molecule has 0 bridgehead atoms. The molecule has 0 aromatic carbocycles. The van der Waals surface area contributed by atoms with Crippen molar-refractivity contribution in [2.45, 2.75) is 45.3 Å². The predicted octanol–water partition coefficient (Wildman–Crippen LogP) is 4.89. The summed E-state index contributed by atoms with van der Waals surface area (Å²) in [6.07, 6.45) is 2.78. The maximum atomic E-state index is 13.4. The Labute approximate surface area is 96.3 Å². The zero-order valence-electron chi connectivity index (χ0n) is 8.36. The van der Waals surface area contributed by atoms with Crippen LogP contribution in [0.25, 0.3) is 0 Å². The van der Waals surface area contributed by atoms with E-state index in [1.165, 1.54) is 0 Å². The van der Waals surface area contributed by atoms with Crippen LogP contribution in [0.4, 0.5) is 4.39 Å². The van der Waals surface area contributed by atoms with Gasteiger partial charge in [0, 0.05) is 10.7 Å². The van der Waals surface area contributed by atoms with Crippen molar-refractivity contribution in [1.82, 2.24) is 0 Å². The number of allylic oxidation sites excluding steroid dienone is 2. The summed E-state index contributed by atoms with van der Waals surface area (Å²) in [6, 6.07) is 0.